The van der Waals surface area contributed by atoms with Gasteiger partial charge in [0.25, 0.3) is 0 Å². The molecule has 0 radical (unpaired) electrons. The van der Waals surface area contributed by atoms with E-state index in [1.54, 1.807) is 6.20 Å². The summed E-state index contributed by atoms with van der Waals surface area (Å²) in [5.41, 5.74) is 3.15. The van der Waals surface area contributed by atoms with Crippen molar-refractivity contribution in [3.63, 3.8) is 0 Å². The highest BCUT2D eigenvalue weighted by atomic mass is 16.1. The number of H-pyrrole nitrogens is 2. The molecule has 4 heteroatoms. The minimum Gasteiger partial charge on any atom is -0.363 e. The van der Waals surface area contributed by atoms with Crippen molar-refractivity contribution in [2.24, 2.45) is 0 Å². The number of aromatic amines is 2. The molecule has 84 valence electrons. The Morgan fingerprint density at radius 2 is 1.94 bits per heavy atom. The van der Waals surface area contributed by atoms with E-state index in [0.29, 0.717) is 0 Å². The highest BCUT2D eigenvalue weighted by Gasteiger charge is 2.10. The zero-order valence-corrected chi connectivity index (χ0v) is 9.32. The fourth-order valence-corrected chi connectivity index (χ4v) is 2.04. The molecule has 1 aromatic carbocycles. The number of aromatic nitrogens is 3. The Bertz CT molecular complexity index is 725. The molecule has 3 aromatic rings. The molecule has 2 aromatic heterocycles. The quantitative estimate of drug-likeness (QED) is 0.667. The maximum Gasteiger partial charge on any atom is 0.346 e. The van der Waals surface area contributed by atoms with Gasteiger partial charge < -0.3 is 9.97 Å². The lowest BCUT2D eigenvalue weighted by Crippen LogP contribution is -2.10. The number of benzene rings is 1. The van der Waals surface area contributed by atoms with Crippen LogP contribution in [0.25, 0.3) is 22.2 Å². The molecule has 0 amide bonds. The third kappa shape index (κ3) is 1.54. The molecular weight excluding hydrogens is 214 g/mol. The smallest absolute Gasteiger partial charge is 0.346 e. The number of aryl methyl sites for hydroxylation is 1. The molecule has 0 aliphatic carbocycles. The van der Waals surface area contributed by atoms with Gasteiger partial charge in [-0.2, -0.15) is 4.98 Å². The average Bonchev–Trinajstić information content (AvgIpc) is 2.71. The van der Waals surface area contributed by atoms with Crippen molar-refractivity contribution in [1.82, 2.24) is 15.0 Å². The maximum atomic E-state index is 11.5. The molecule has 0 unspecified atom stereocenters. The van der Waals surface area contributed by atoms with E-state index in [1.165, 1.54) is 0 Å². The van der Waals surface area contributed by atoms with Gasteiger partial charge in [-0.25, -0.2) is 4.79 Å². The molecule has 0 aliphatic heterocycles. The van der Waals surface area contributed by atoms with Gasteiger partial charge >= 0.3 is 5.69 Å². The maximum absolute atomic E-state index is 11.5. The van der Waals surface area contributed by atoms with Gasteiger partial charge in [-0.3, -0.25) is 0 Å². The van der Waals surface area contributed by atoms with Crippen LogP contribution in [0, 0.1) is 6.92 Å². The number of hydrogen-bond donors (Lipinski definition) is 2. The summed E-state index contributed by atoms with van der Waals surface area (Å²) < 4.78 is 0. The minimum atomic E-state index is -0.324. The number of fused-ring (bicyclic) bond motifs is 1. The van der Waals surface area contributed by atoms with Crippen LogP contribution < -0.4 is 5.69 Å². The van der Waals surface area contributed by atoms with Gasteiger partial charge in [0, 0.05) is 22.8 Å². The third-order valence-electron chi connectivity index (χ3n) is 2.82. The van der Waals surface area contributed by atoms with Crippen molar-refractivity contribution >= 4 is 10.9 Å². The van der Waals surface area contributed by atoms with Crippen LogP contribution in [0.4, 0.5) is 0 Å². The van der Waals surface area contributed by atoms with Gasteiger partial charge in [-0.15, -0.1) is 0 Å². The van der Waals surface area contributed by atoms with Crippen molar-refractivity contribution in [3.8, 4) is 11.3 Å². The standard InChI is InChI=1S/C13H11N3O/c1-8-11-10(7-14-8)15-13(17)16-12(11)9-5-3-2-4-6-9/h2-7,14H,1H3,(H,15,17). The highest BCUT2D eigenvalue weighted by Crippen LogP contribution is 2.26. The van der Waals surface area contributed by atoms with Gasteiger partial charge in [0.2, 0.25) is 0 Å². The second-order valence-electron chi connectivity index (χ2n) is 3.96. The summed E-state index contributed by atoms with van der Waals surface area (Å²) in [5, 5.41) is 0.968. The van der Waals surface area contributed by atoms with Crippen molar-refractivity contribution in [2.75, 3.05) is 0 Å². The summed E-state index contributed by atoms with van der Waals surface area (Å²) in [6.45, 7) is 1.97. The van der Waals surface area contributed by atoms with E-state index in [9.17, 15) is 4.79 Å². The van der Waals surface area contributed by atoms with Crippen molar-refractivity contribution in [3.05, 3.63) is 52.7 Å². The number of rotatable bonds is 1. The van der Waals surface area contributed by atoms with Crippen LogP contribution in [0.5, 0.6) is 0 Å². The molecular formula is C13H11N3O. The van der Waals surface area contributed by atoms with Crippen LogP contribution in [0.1, 0.15) is 5.69 Å². The van der Waals surface area contributed by atoms with Crippen LogP contribution in [0.2, 0.25) is 0 Å². The lowest BCUT2D eigenvalue weighted by molar-refractivity contribution is 1.13. The van der Waals surface area contributed by atoms with Crippen molar-refractivity contribution in [1.29, 1.82) is 0 Å². The van der Waals surface area contributed by atoms with Crippen molar-refractivity contribution < 1.29 is 0 Å². The topological polar surface area (TPSA) is 61.5 Å². The molecule has 2 N–H and O–H groups in total. The highest BCUT2D eigenvalue weighted by molar-refractivity contribution is 5.94. The van der Waals surface area contributed by atoms with Gasteiger partial charge in [0.1, 0.15) is 0 Å². The van der Waals surface area contributed by atoms with Gasteiger partial charge in [0.15, 0.2) is 0 Å². The second-order valence-corrected chi connectivity index (χ2v) is 3.96. The molecule has 0 bridgehead atoms. The van der Waals surface area contributed by atoms with Crippen LogP contribution >= 0.6 is 0 Å². The minimum absolute atomic E-state index is 0.324. The summed E-state index contributed by atoms with van der Waals surface area (Å²) >= 11 is 0. The summed E-state index contributed by atoms with van der Waals surface area (Å²) in [6.07, 6.45) is 1.79. The first-order chi connectivity index (χ1) is 8.25. The second kappa shape index (κ2) is 3.59. The summed E-state index contributed by atoms with van der Waals surface area (Å²) in [5.74, 6) is 0. The average molecular weight is 225 g/mol. The Morgan fingerprint density at radius 1 is 1.18 bits per heavy atom. The fraction of sp³-hybridized carbons (Fsp3) is 0.0769. The molecule has 0 aliphatic rings. The van der Waals surface area contributed by atoms with Crippen molar-refractivity contribution in [2.45, 2.75) is 6.92 Å². The Balaban J connectivity index is 2.43. The zero-order valence-electron chi connectivity index (χ0n) is 9.32. The molecule has 0 fully saturated rings. The van der Waals surface area contributed by atoms with Gasteiger partial charge in [-0.1, -0.05) is 30.3 Å². The zero-order chi connectivity index (χ0) is 11.8. The largest absolute Gasteiger partial charge is 0.363 e. The molecule has 2 heterocycles. The summed E-state index contributed by atoms with van der Waals surface area (Å²) in [7, 11) is 0. The monoisotopic (exact) mass is 225 g/mol. The fourth-order valence-electron chi connectivity index (χ4n) is 2.04. The van der Waals surface area contributed by atoms with E-state index >= 15 is 0 Å². The first-order valence-corrected chi connectivity index (χ1v) is 5.39. The third-order valence-corrected chi connectivity index (χ3v) is 2.82. The predicted octanol–water partition coefficient (Wildman–Crippen LogP) is 2.23. The Morgan fingerprint density at radius 3 is 2.71 bits per heavy atom. The van der Waals surface area contributed by atoms with E-state index in [0.717, 1.165) is 27.9 Å². The van der Waals surface area contributed by atoms with Gasteiger partial charge in [0.05, 0.1) is 11.2 Å². The molecule has 0 spiro atoms. The SMILES string of the molecule is Cc1[nH]cc2[nH]c(=O)nc(-c3ccccc3)c12. The van der Waals surface area contributed by atoms with E-state index in [1.807, 2.05) is 37.3 Å². The van der Waals surface area contributed by atoms with Crippen LogP contribution in [0.15, 0.2) is 41.3 Å². The lowest BCUT2D eigenvalue weighted by atomic mass is 10.1. The van der Waals surface area contributed by atoms with Gasteiger partial charge in [-0.05, 0) is 6.92 Å². The van der Waals surface area contributed by atoms with Crippen LogP contribution in [-0.2, 0) is 0 Å². The normalized spacial score (nSPS) is 10.9. The van der Waals surface area contributed by atoms with E-state index < -0.39 is 0 Å². The van der Waals surface area contributed by atoms with E-state index in [2.05, 4.69) is 15.0 Å². The first-order valence-electron chi connectivity index (χ1n) is 5.39. The number of nitrogens with zero attached hydrogens (tertiary/aromatic N) is 1. The molecule has 0 saturated heterocycles. The molecule has 0 saturated carbocycles. The Hall–Kier alpha value is -2.36. The van der Waals surface area contributed by atoms with E-state index in [4.69, 9.17) is 0 Å². The summed E-state index contributed by atoms with van der Waals surface area (Å²) in [6, 6.07) is 9.72. The predicted molar refractivity (Wildman–Crippen MR) is 66.9 cm³/mol. The first kappa shape index (κ1) is 9.84. The molecule has 17 heavy (non-hydrogen) atoms. The Kier molecular flexibility index (Phi) is 2.08. The molecule has 0 atom stereocenters. The van der Waals surface area contributed by atoms with Crippen LogP contribution in [-0.4, -0.2) is 15.0 Å². The van der Waals surface area contributed by atoms with E-state index in [-0.39, 0.29) is 5.69 Å². The summed E-state index contributed by atoms with van der Waals surface area (Å²) in [4.78, 5) is 21.4. The number of hydrogen-bond acceptors (Lipinski definition) is 2. The lowest BCUT2D eigenvalue weighted by Gasteiger charge is -2.02. The Labute approximate surface area is 97.3 Å². The molecule has 4 nitrogen and oxygen atoms in total. The number of nitrogens with one attached hydrogen (secondary N) is 2. The van der Waals surface area contributed by atoms with Crippen LogP contribution in [0.3, 0.4) is 0 Å². The molecule has 3 rings (SSSR count).